The number of para-hydroxylation sites is 1. The molecule has 27 heavy (non-hydrogen) atoms. The summed E-state index contributed by atoms with van der Waals surface area (Å²) in [5, 5.41) is 6.94. The van der Waals surface area contributed by atoms with Gasteiger partial charge in [-0.05, 0) is 43.2 Å². The van der Waals surface area contributed by atoms with E-state index in [0.29, 0.717) is 27.4 Å². The van der Waals surface area contributed by atoms with Gasteiger partial charge in [0.2, 0.25) is 11.7 Å². The summed E-state index contributed by atoms with van der Waals surface area (Å²) >= 11 is 5.98. The number of rotatable bonds is 4. The maximum Gasteiger partial charge on any atom is 0.293 e. The smallest absolute Gasteiger partial charge is 0.293 e. The lowest BCUT2D eigenvalue weighted by Crippen LogP contribution is -2.22. The molecule has 0 atom stereocenters. The molecule has 5 nitrogen and oxygen atoms in total. The molecular formula is C21H19ClN2O3. The van der Waals surface area contributed by atoms with E-state index >= 15 is 0 Å². The Morgan fingerprint density at radius 2 is 1.78 bits per heavy atom. The van der Waals surface area contributed by atoms with Gasteiger partial charge < -0.3 is 15.1 Å². The molecule has 0 spiro atoms. The molecule has 0 unspecified atom stereocenters. The number of furan rings is 1. The van der Waals surface area contributed by atoms with Crippen molar-refractivity contribution in [2.24, 2.45) is 5.92 Å². The number of carbonyl (C=O) groups is 2. The number of halogens is 1. The zero-order chi connectivity index (χ0) is 18.8. The molecule has 1 saturated carbocycles. The van der Waals surface area contributed by atoms with E-state index in [1.807, 2.05) is 18.2 Å². The van der Waals surface area contributed by atoms with E-state index in [1.54, 1.807) is 30.3 Å². The summed E-state index contributed by atoms with van der Waals surface area (Å²) in [5.74, 6) is -0.420. The van der Waals surface area contributed by atoms with Crippen LogP contribution in [0.2, 0.25) is 5.02 Å². The Labute approximate surface area is 161 Å². The van der Waals surface area contributed by atoms with Gasteiger partial charge in [-0.3, -0.25) is 9.59 Å². The summed E-state index contributed by atoms with van der Waals surface area (Å²) in [7, 11) is 0. The van der Waals surface area contributed by atoms with Crippen LogP contribution in [0, 0.1) is 5.92 Å². The van der Waals surface area contributed by atoms with Gasteiger partial charge >= 0.3 is 0 Å². The van der Waals surface area contributed by atoms with Crippen LogP contribution in [-0.4, -0.2) is 11.8 Å². The molecule has 2 aromatic carbocycles. The lowest BCUT2D eigenvalue weighted by atomic mass is 10.1. The number of amides is 2. The summed E-state index contributed by atoms with van der Waals surface area (Å²) in [6.07, 6.45) is 3.88. The fourth-order valence-corrected chi connectivity index (χ4v) is 3.69. The molecule has 6 heteroatoms. The molecule has 0 radical (unpaired) electrons. The van der Waals surface area contributed by atoms with Crippen LogP contribution in [0.1, 0.15) is 36.2 Å². The Balaban J connectivity index is 1.66. The molecule has 138 valence electrons. The molecule has 1 heterocycles. The summed E-state index contributed by atoms with van der Waals surface area (Å²) in [4.78, 5) is 25.5. The predicted octanol–water partition coefficient (Wildman–Crippen LogP) is 5.47. The third kappa shape index (κ3) is 3.69. The van der Waals surface area contributed by atoms with E-state index < -0.39 is 5.91 Å². The van der Waals surface area contributed by atoms with Crippen LogP contribution >= 0.6 is 11.6 Å². The average Bonchev–Trinajstić information content (AvgIpc) is 3.30. The van der Waals surface area contributed by atoms with Gasteiger partial charge in [-0.1, -0.05) is 42.6 Å². The zero-order valence-electron chi connectivity index (χ0n) is 14.6. The van der Waals surface area contributed by atoms with E-state index in [2.05, 4.69) is 10.6 Å². The number of hydrogen-bond donors (Lipinski definition) is 2. The maximum atomic E-state index is 12.8. The second-order valence-corrected chi connectivity index (χ2v) is 7.17. The monoisotopic (exact) mass is 382 g/mol. The Morgan fingerprint density at radius 1 is 1.00 bits per heavy atom. The van der Waals surface area contributed by atoms with Crippen LogP contribution in [0.3, 0.4) is 0 Å². The fourth-order valence-electron chi connectivity index (χ4n) is 3.50. The van der Waals surface area contributed by atoms with Crippen LogP contribution in [0.4, 0.5) is 11.4 Å². The summed E-state index contributed by atoms with van der Waals surface area (Å²) < 4.78 is 5.77. The maximum absolute atomic E-state index is 12.8. The highest BCUT2D eigenvalue weighted by Crippen LogP contribution is 2.33. The lowest BCUT2D eigenvalue weighted by molar-refractivity contribution is -0.119. The van der Waals surface area contributed by atoms with Crippen molar-refractivity contribution in [3.8, 4) is 0 Å². The number of benzene rings is 2. The molecule has 1 fully saturated rings. The molecule has 2 amide bonds. The molecule has 4 rings (SSSR count). The first-order chi connectivity index (χ1) is 13.1. The van der Waals surface area contributed by atoms with Gasteiger partial charge in [-0.15, -0.1) is 0 Å². The number of carbonyl (C=O) groups excluding carboxylic acids is 2. The molecule has 1 aliphatic carbocycles. The van der Waals surface area contributed by atoms with Gasteiger partial charge in [0.1, 0.15) is 11.3 Å². The van der Waals surface area contributed by atoms with Crippen LogP contribution in [-0.2, 0) is 4.79 Å². The molecule has 0 bridgehead atoms. The second-order valence-electron chi connectivity index (χ2n) is 6.74. The van der Waals surface area contributed by atoms with E-state index in [0.717, 1.165) is 25.7 Å². The molecule has 1 aromatic heterocycles. The van der Waals surface area contributed by atoms with Crippen molar-refractivity contribution < 1.29 is 14.0 Å². The predicted molar refractivity (Wildman–Crippen MR) is 106 cm³/mol. The third-order valence-electron chi connectivity index (χ3n) is 4.86. The summed E-state index contributed by atoms with van der Waals surface area (Å²) in [6, 6.07) is 14.2. The first-order valence-corrected chi connectivity index (χ1v) is 9.39. The van der Waals surface area contributed by atoms with Crippen molar-refractivity contribution in [3.63, 3.8) is 0 Å². The highest BCUT2D eigenvalue weighted by atomic mass is 35.5. The van der Waals surface area contributed by atoms with Gasteiger partial charge in [-0.25, -0.2) is 0 Å². The third-order valence-corrected chi connectivity index (χ3v) is 5.09. The topological polar surface area (TPSA) is 71.3 Å². The van der Waals surface area contributed by atoms with Crippen molar-refractivity contribution in [3.05, 3.63) is 59.3 Å². The number of anilines is 2. The van der Waals surface area contributed by atoms with Gasteiger partial charge in [0.05, 0.1) is 0 Å². The Kier molecular flexibility index (Phi) is 4.86. The standard InChI is InChI=1S/C21H19ClN2O3/c22-14-8-5-9-15(12-14)23-21(26)19-18(16-10-3-4-11-17(16)27-19)24-20(25)13-6-1-2-7-13/h3-5,8-13H,1-2,6-7H2,(H,23,26)(H,24,25). The first kappa shape index (κ1) is 17.6. The minimum absolute atomic E-state index is 0.0116. The molecule has 0 saturated heterocycles. The van der Waals surface area contributed by atoms with E-state index in [9.17, 15) is 9.59 Å². The summed E-state index contributed by atoms with van der Waals surface area (Å²) in [6.45, 7) is 0. The van der Waals surface area contributed by atoms with Crippen LogP contribution in [0.25, 0.3) is 11.0 Å². The lowest BCUT2D eigenvalue weighted by Gasteiger charge is -2.11. The quantitative estimate of drug-likeness (QED) is 0.628. The van der Waals surface area contributed by atoms with Crippen molar-refractivity contribution in [1.29, 1.82) is 0 Å². The minimum Gasteiger partial charge on any atom is -0.449 e. The second kappa shape index (κ2) is 7.45. The van der Waals surface area contributed by atoms with Gasteiger partial charge in [0.25, 0.3) is 5.91 Å². The molecule has 2 N–H and O–H groups in total. The summed E-state index contributed by atoms with van der Waals surface area (Å²) in [5.41, 5.74) is 1.53. The number of fused-ring (bicyclic) bond motifs is 1. The largest absolute Gasteiger partial charge is 0.449 e. The average molecular weight is 383 g/mol. The normalized spacial score (nSPS) is 14.4. The number of nitrogens with one attached hydrogen (secondary N) is 2. The Bertz CT molecular complexity index is 1010. The van der Waals surface area contributed by atoms with Crippen LogP contribution in [0.5, 0.6) is 0 Å². The fraction of sp³-hybridized carbons (Fsp3) is 0.238. The van der Waals surface area contributed by atoms with Crippen LogP contribution < -0.4 is 10.6 Å². The molecule has 0 aliphatic heterocycles. The van der Waals surface area contributed by atoms with Crippen molar-refractivity contribution in [2.75, 3.05) is 10.6 Å². The van der Waals surface area contributed by atoms with Crippen molar-refractivity contribution in [2.45, 2.75) is 25.7 Å². The van der Waals surface area contributed by atoms with E-state index in [4.69, 9.17) is 16.0 Å². The zero-order valence-corrected chi connectivity index (χ0v) is 15.4. The van der Waals surface area contributed by atoms with Gasteiger partial charge in [0.15, 0.2) is 0 Å². The van der Waals surface area contributed by atoms with E-state index in [1.165, 1.54) is 0 Å². The van der Waals surface area contributed by atoms with Gasteiger partial charge in [-0.2, -0.15) is 0 Å². The Hall–Kier alpha value is -2.79. The molecular weight excluding hydrogens is 364 g/mol. The van der Waals surface area contributed by atoms with Crippen LogP contribution in [0.15, 0.2) is 52.9 Å². The highest BCUT2D eigenvalue weighted by molar-refractivity contribution is 6.31. The van der Waals surface area contributed by atoms with Crippen molar-refractivity contribution in [1.82, 2.24) is 0 Å². The van der Waals surface area contributed by atoms with Gasteiger partial charge in [0, 0.05) is 22.0 Å². The first-order valence-electron chi connectivity index (χ1n) is 9.01. The molecule has 1 aliphatic rings. The molecule has 3 aromatic rings. The SMILES string of the molecule is O=C(Nc1cccc(Cl)c1)c1oc2ccccc2c1NC(=O)C1CCCC1. The minimum atomic E-state index is -0.435. The van der Waals surface area contributed by atoms with Crippen molar-refractivity contribution >= 4 is 45.8 Å². The number of hydrogen-bond acceptors (Lipinski definition) is 3. The Morgan fingerprint density at radius 3 is 2.56 bits per heavy atom. The highest BCUT2D eigenvalue weighted by Gasteiger charge is 2.27. The van der Waals surface area contributed by atoms with E-state index in [-0.39, 0.29) is 17.6 Å².